The first kappa shape index (κ1) is 10.1. The van der Waals surface area contributed by atoms with Crippen molar-refractivity contribution in [2.24, 2.45) is 0 Å². The Morgan fingerprint density at radius 2 is 2.27 bits per heavy atom. The number of fused-ring (bicyclic) bond motifs is 1. The molecule has 0 spiro atoms. The molecule has 0 bridgehead atoms. The summed E-state index contributed by atoms with van der Waals surface area (Å²) in [5, 5.41) is 8.98. The Balaban J connectivity index is 2.63. The van der Waals surface area contributed by atoms with Crippen molar-refractivity contribution >= 4 is 11.0 Å². The highest BCUT2D eigenvalue weighted by Gasteiger charge is 2.12. The van der Waals surface area contributed by atoms with Crippen molar-refractivity contribution in [1.82, 2.24) is 14.5 Å². The summed E-state index contributed by atoms with van der Waals surface area (Å²) < 4.78 is 2.12. The number of nitrogens with zero attached hydrogens (tertiary/aromatic N) is 3. The summed E-state index contributed by atoms with van der Waals surface area (Å²) >= 11 is 0. The topological polar surface area (TPSA) is 50.9 Å². The first-order valence-corrected chi connectivity index (χ1v) is 5.15. The van der Waals surface area contributed by atoms with Crippen molar-refractivity contribution < 1.29 is 5.11 Å². The van der Waals surface area contributed by atoms with Crippen LogP contribution in [-0.2, 0) is 6.42 Å². The van der Waals surface area contributed by atoms with Crippen LogP contribution in [0.2, 0.25) is 0 Å². The molecule has 0 amide bonds. The van der Waals surface area contributed by atoms with E-state index in [1.165, 1.54) is 0 Å². The van der Waals surface area contributed by atoms with Gasteiger partial charge in [-0.2, -0.15) is 0 Å². The molecule has 0 saturated carbocycles. The molecular formula is C11H15N3O. The van der Waals surface area contributed by atoms with Crippen molar-refractivity contribution in [2.45, 2.75) is 26.3 Å². The average Bonchev–Trinajstić information content (AvgIpc) is 2.56. The van der Waals surface area contributed by atoms with E-state index in [0.29, 0.717) is 12.5 Å². The largest absolute Gasteiger partial charge is 0.396 e. The van der Waals surface area contributed by atoms with Crippen molar-refractivity contribution in [3.05, 3.63) is 24.3 Å². The Hall–Kier alpha value is -1.42. The molecule has 0 unspecified atom stereocenters. The quantitative estimate of drug-likeness (QED) is 0.827. The maximum atomic E-state index is 8.98. The third kappa shape index (κ3) is 1.72. The minimum absolute atomic E-state index is 0.128. The normalized spacial score (nSPS) is 11.5. The summed E-state index contributed by atoms with van der Waals surface area (Å²) in [5.41, 5.74) is 1.98. The summed E-state index contributed by atoms with van der Waals surface area (Å²) in [6.45, 7) is 4.34. The monoisotopic (exact) mass is 205 g/mol. The highest BCUT2D eigenvalue weighted by molar-refractivity contribution is 5.74. The van der Waals surface area contributed by atoms with Crippen LogP contribution in [0, 0.1) is 0 Å². The minimum Gasteiger partial charge on any atom is -0.396 e. The van der Waals surface area contributed by atoms with Gasteiger partial charge in [0.15, 0.2) is 0 Å². The van der Waals surface area contributed by atoms with E-state index in [4.69, 9.17) is 5.11 Å². The Labute approximate surface area is 88.6 Å². The number of hydrogen-bond donors (Lipinski definition) is 1. The van der Waals surface area contributed by atoms with E-state index in [9.17, 15) is 0 Å². The van der Waals surface area contributed by atoms with E-state index in [1.807, 2.05) is 12.3 Å². The molecule has 0 radical (unpaired) electrons. The summed E-state index contributed by atoms with van der Waals surface area (Å²) in [6.07, 6.45) is 4.15. The average molecular weight is 205 g/mol. The molecule has 0 atom stereocenters. The smallest absolute Gasteiger partial charge is 0.112 e. The lowest BCUT2D eigenvalue weighted by Crippen LogP contribution is -2.07. The van der Waals surface area contributed by atoms with Crippen LogP contribution < -0.4 is 0 Å². The molecule has 80 valence electrons. The highest BCUT2D eigenvalue weighted by atomic mass is 16.3. The highest BCUT2D eigenvalue weighted by Crippen LogP contribution is 2.20. The first-order valence-electron chi connectivity index (χ1n) is 5.15. The zero-order chi connectivity index (χ0) is 10.8. The van der Waals surface area contributed by atoms with E-state index >= 15 is 0 Å². The molecule has 4 nitrogen and oxygen atoms in total. The predicted octanol–water partition coefficient (Wildman–Crippen LogP) is 1.55. The summed E-state index contributed by atoms with van der Waals surface area (Å²) in [7, 11) is 0. The van der Waals surface area contributed by atoms with E-state index < -0.39 is 0 Å². The second-order valence-electron chi connectivity index (χ2n) is 3.83. The van der Waals surface area contributed by atoms with Gasteiger partial charge in [-0.05, 0) is 19.9 Å². The molecule has 0 aliphatic heterocycles. The molecule has 0 saturated heterocycles. The molecule has 0 fully saturated rings. The predicted molar refractivity (Wildman–Crippen MR) is 58.7 cm³/mol. The lowest BCUT2D eigenvalue weighted by molar-refractivity contribution is 0.294. The van der Waals surface area contributed by atoms with Gasteiger partial charge in [0.25, 0.3) is 0 Å². The van der Waals surface area contributed by atoms with Crippen LogP contribution in [0.4, 0.5) is 0 Å². The fourth-order valence-corrected chi connectivity index (χ4v) is 1.84. The Morgan fingerprint density at radius 3 is 2.93 bits per heavy atom. The number of aliphatic hydroxyl groups excluding tert-OH is 1. The lowest BCUT2D eigenvalue weighted by Gasteiger charge is -2.11. The van der Waals surface area contributed by atoms with Crippen molar-refractivity contribution in [3.8, 4) is 0 Å². The molecule has 2 heterocycles. The standard InChI is InChI=1S/C11H15N3O/c1-8(2)14-10-7-12-5-3-9(10)13-11(14)4-6-15/h3,5,7-8,15H,4,6H2,1-2H3. The fraction of sp³-hybridized carbons (Fsp3) is 0.455. The van der Waals surface area contributed by atoms with Gasteiger partial charge < -0.3 is 9.67 Å². The Bertz CT molecular complexity index is 462. The molecule has 0 aliphatic carbocycles. The van der Waals surface area contributed by atoms with Crippen LogP contribution >= 0.6 is 0 Å². The van der Waals surface area contributed by atoms with Gasteiger partial charge in [0.2, 0.25) is 0 Å². The van der Waals surface area contributed by atoms with E-state index in [2.05, 4.69) is 28.4 Å². The van der Waals surface area contributed by atoms with Crippen LogP contribution in [0.25, 0.3) is 11.0 Å². The Morgan fingerprint density at radius 1 is 1.47 bits per heavy atom. The maximum absolute atomic E-state index is 8.98. The summed E-state index contributed by atoms with van der Waals surface area (Å²) in [5.74, 6) is 0.926. The van der Waals surface area contributed by atoms with E-state index in [0.717, 1.165) is 16.9 Å². The van der Waals surface area contributed by atoms with Gasteiger partial charge in [0, 0.05) is 18.7 Å². The minimum atomic E-state index is 0.128. The Kier molecular flexibility index (Phi) is 2.68. The molecule has 2 aromatic rings. The van der Waals surface area contributed by atoms with Crippen LogP contribution in [0.1, 0.15) is 25.7 Å². The summed E-state index contributed by atoms with van der Waals surface area (Å²) in [6, 6.07) is 2.23. The maximum Gasteiger partial charge on any atom is 0.112 e. The van der Waals surface area contributed by atoms with Crippen LogP contribution in [0.3, 0.4) is 0 Å². The van der Waals surface area contributed by atoms with Gasteiger partial charge in [-0.1, -0.05) is 0 Å². The number of aliphatic hydroxyl groups is 1. The van der Waals surface area contributed by atoms with Gasteiger partial charge in [-0.3, -0.25) is 4.98 Å². The zero-order valence-corrected chi connectivity index (χ0v) is 9.01. The van der Waals surface area contributed by atoms with Gasteiger partial charge in [0.1, 0.15) is 5.82 Å². The lowest BCUT2D eigenvalue weighted by atomic mass is 10.3. The molecular weight excluding hydrogens is 190 g/mol. The van der Waals surface area contributed by atoms with Crippen LogP contribution in [0.15, 0.2) is 18.5 Å². The van der Waals surface area contributed by atoms with Crippen molar-refractivity contribution in [1.29, 1.82) is 0 Å². The van der Waals surface area contributed by atoms with Crippen LogP contribution in [0.5, 0.6) is 0 Å². The van der Waals surface area contributed by atoms with Gasteiger partial charge in [-0.15, -0.1) is 0 Å². The van der Waals surface area contributed by atoms with E-state index in [-0.39, 0.29) is 6.61 Å². The van der Waals surface area contributed by atoms with E-state index in [1.54, 1.807) is 6.20 Å². The third-order valence-electron chi connectivity index (χ3n) is 2.42. The third-order valence-corrected chi connectivity index (χ3v) is 2.42. The molecule has 2 rings (SSSR count). The van der Waals surface area contributed by atoms with Crippen molar-refractivity contribution in [3.63, 3.8) is 0 Å². The number of imidazole rings is 1. The zero-order valence-electron chi connectivity index (χ0n) is 9.01. The molecule has 0 aromatic carbocycles. The SMILES string of the molecule is CC(C)n1c(CCO)nc2ccncc21. The molecule has 2 aromatic heterocycles. The second kappa shape index (κ2) is 3.98. The molecule has 0 aliphatic rings. The number of rotatable bonds is 3. The number of aromatic nitrogens is 3. The van der Waals surface area contributed by atoms with Crippen molar-refractivity contribution in [2.75, 3.05) is 6.61 Å². The number of hydrogen-bond acceptors (Lipinski definition) is 3. The van der Waals surface area contributed by atoms with Gasteiger partial charge in [-0.25, -0.2) is 4.98 Å². The first-order chi connectivity index (χ1) is 7.24. The van der Waals surface area contributed by atoms with Gasteiger partial charge in [0.05, 0.1) is 23.8 Å². The van der Waals surface area contributed by atoms with Crippen LogP contribution in [-0.4, -0.2) is 26.2 Å². The summed E-state index contributed by atoms with van der Waals surface area (Å²) in [4.78, 5) is 8.59. The molecule has 4 heteroatoms. The fourth-order valence-electron chi connectivity index (χ4n) is 1.84. The second-order valence-corrected chi connectivity index (χ2v) is 3.83. The molecule has 1 N–H and O–H groups in total. The number of pyridine rings is 1. The molecule has 15 heavy (non-hydrogen) atoms. The van der Waals surface area contributed by atoms with Gasteiger partial charge >= 0.3 is 0 Å².